The second-order valence-corrected chi connectivity index (χ2v) is 5.23. The molecule has 0 aliphatic rings. The molecule has 0 amide bonds. The minimum atomic E-state index is -0.0559. The summed E-state index contributed by atoms with van der Waals surface area (Å²) >= 11 is 3.32. The van der Waals surface area contributed by atoms with Gasteiger partial charge in [0.15, 0.2) is 0 Å². The second kappa shape index (κ2) is 5.48. The smallest absolute Gasteiger partial charge is 0.119 e. The zero-order valence-electron chi connectivity index (χ0n) is 10.7. The summed E-state index contributed by atoms with van der Waals surface area (Å²) in [6.07, 6.45) is 0. The normalized spacial score (nSPS) is 12.2. The second-order valence-electron chi connectivity index (χ2n) is 4.42. The SMILES string of the molecule is Cc1nc(Br)ccc1NC(C)c1cc(O)cc(O)c1. The molecule has 0 radical (unpaired) electrons. The van der Waals surface area contributed by atoms with Gasteiger partial charge < -0.3 is 15.5 Å². The number of hydrogen-bond donors (Lipinski definition) is 3. The molecule has 4 nitrogen and oxygen atoms in total. The van der Waals surface area contributed by atoms with Crippen molar-refractivity contribution < 1.29 is 10.2 Å². The van der Waals surface area contributed by atoms with Gasteiger partial charge in [-0.05, 0) is 59.6 Å². The van der Waals surface area contributed by atoms with Gasteiger partial charge in [0, 0.05) is 12.1 Å². The maximum atomic E-state index is 9.49. The summed E-state index contributed by atoms with van der Waals surface area (Å²) in [5, 5.41) is 22.3. The summed E-state index contributed by atoms with van der Waals surface area (Å²) in [5.74, 6) is 0.101. The van der Waals surface area contributed by atoms with Crippen LogP contribution in [0.1, 0.15) is 24.2 Å². The quantitative estimate of drug-likeness (QED) is 0.753. The minimum absolute atomic E-state index is 0.0503. The minimum Gasteiger partial charge on any atom is -0.508 e. The van der Waals surface area contributed by atoms with Crippen LogP contribution < -0.4 is 5.32 Å². The van der Waals surface area contributed by atoms with Crippen LogP contribution in [-0.2, 0) is 0 Å². The molecule has 0 fully saturated rings. The van der Waals surface area contributed by atoms with Crippen molar-refractivity contribution >= 4 is 21.6 Å². The van der Waals surface area contributed by atoms with Crippen LogP contribution >= 0.6 is 15.9 Å². The van der Waals surface area contributed by atoms with Gasteiger partial charge in [-0.15, -0.1) is 0 Å². The van der Waals surface area contributed by atoms with Crippen LogP contribution in [0.15, 0.2) is 34.9 Å². The predicted octanol–water partition coefficient (Wildman–Crippen LogP) is 3.74. The largest absolute Gasteiger partial charge is 0.508 e. The van der Waals surface area contributed by atoms with Crippen LogP contribution in [0, 0.1) is 6.92 Å². The first kappa shape index (κ1) is 13.7. The number of aryl methyl sites for hydroxylation is 1. The molecule has 0 saturated heterocycles. The van der Waals surface area contributed by atoms with E-state index in [1.165, 1.54) is 6.07 Å². The van der Waals surface area contributed by atoms with Crippen LogP contribution in [-0.4, -0.2) is 15.2 Å². The Kier molecular flexibility index (Phi) is 3.95. The van der Waals surface area contributed by atoms with E-state index in [0.29, 0.717) is 0 Å². The van der Waals surface area contributed by atoms with Crippen molar-refractivity contribution in [2.75, 3.05) is 5.32 Å². The van der Waals surface area contributed by atoms with Crippen molar-refractivity contribution in [3.8, 4) is 11.5 Å². The number of phenolic OH excluding ortho intramolecular Hbond substituents is 2. The molecule has 0 spiro atoms. The van der Waals surface area contributed by atoms with Crippen molar-refractivity contribution in [1.29, 1.82) is 0 Å². The van der Waals surface area contributed by atoms with Gasteiger partial charge in [-0.25, -0.2) is 4.98 Å². The fourth-order valence-corrected chi connectivity index (χ4v) is 2.27. The van der Waals surface area contributed by atoms with Gasteiger partial charge in [0.05, 0.1) is 11.4 Å². The Bertz CT molecular complexity index is 582. The number of nitrogens with zero attached hydrogens (tertiary/aromatic N) is 1. The molecule has 2 aromatic rings. The molecule has 1 atom stereocenters. The summed E-state index contributed by atoms with van der Waals surface area (Å²) in [5.41, 5.74) is 2.60. The van der Waals surface area contributed by atoms with Gasteiger partial charge in [-0.2, -0.15) is 0 Å². The van der Waals surface area contributed by atoms with Gasteiger partial charge in [0.1, 0.15) is 16.1 Å². The fourth-order valence-electron chi connectivity index (χ4n) is 1.87. The highest BCUT2D eigenvalue weighted by atomic mass is 79.9. The Morgan fingerprint density at radius 3 is 2.37 bits per heavy atom. The average Bonchev–Trinajstić information content (AvgIpc) is 2.31. The Balaban J connectivity index is 2.22. The molecular weight excluding hydrogens is 308 g/mol. The third kappa shape index (κ3) is 3.38. The topological polar surface area (TPSA) is 65.4 Å². The van der Waals surface area contributed by atoms with Crippen molar-refractivity contribution in [3.63, 3.8) is 0 Å². The van der Waals surface area contributed by atoms with Gasteiger partial charge in [0.2, 0.25) is 0 Å². The van der Waals surface area contributed by atoms with Gasteiger partial charge in [-0.1, -0.05) is 0 Å². The highest BCUT2D eigenvalue weighted by Gasteiger charge is 2.10. The van der Waals surface area contributed by atoms with E-state index in [2.05, 4.69) is 26.2 Å². The number of phenols is 2. The van der Waals surface area contributed by atoms with Crippen molar-refractivity contribution in [3.05, 3.63) is 46.2 Å². The van der Waals surface area contributed by atoms with E-state index in [0.717, 1.165) is 21.5 Å². The summed E-state index contributed by atoms with van der Waals surface area (Å²) in [6, 6.07) is 8.30. The van der Waals surface area contributed by atoms with E-state index in [1.807, 2.05) is 26.0 Å². The lowest BCUT2D eigenvalue weighted by Gasteiger charge is -2.17. The van der Waals surface area contributed by atoms with E-state index >= 15 is 0 Å². The molecule has 1 aromatic carbocycles. The van der Waals surface area contributed by atoms with E-state index in [9.17, 15) is 10.2 Å². The summed E-state index contributed by atoms with van der Waals surface area (Å²) in [6.45, 7) is 3.87. The number of pyridine rings is 1. The summed E-state index contributed by atoms with van der Waals surface area (Å²) in [7, 11) is 0. The summed E-state index contributed by atoms with van der Waals surface area (Å²) in [4.78, 5) is 4.31. The number of rotatable bonds is 3. The molecule has 0 saturated carbocycles. The first-order chi connectivity index (χ1) is 8.95. The fraction of sp³-hybridized carbons (Fsp3) is 0.214. The molecule has 2 rings (SSSR count). The number of nitrogens with one attached hydrogen (secondary N) is 1. The number of aromatic hydroxyl groups is 2. The maximum absolute atomic E-state index is 9.49. The predicted molar refractivity (Wildman–Crippen MR) is 78.5 cm³/mol. The molecule has 100 valence electrons. The first-order valence-corrected chi connectivity index (χ1v) is 6.67. The van der Waals surface area contributed by atoms with Crippen molar-refractivity contribution in [2.45, 2.75) is 19.9 Å². The van der Waals surface area contributed by atoms with Crippen LogP contribution in [0.2, 0.25) is 0 Å². The number of anilines is 1. The molecule has 0 aliphatic carbocycles. The monoisotopic (exact) mass is 322 g/mol. The highest BCUT2D eigenvalue weighted by Crippen LogP contribution is 2.28. The van der Waals surface area contributed by atoms with Crippen molar-refractivity contribution in [1.82, 2.24) is 4.98 Å². The lowest BCUT2D eigenvalue weighted by Crippen LogP contribution is -2.08. The van der Waals surface area contributed by atoms with Gasteiger partial charge in [-0.3, -0.25) is 0 Å². The molecule has 1 aromatic heterocycles. The molecule has 1 heterocycles. The van der Waals surface area contributed by atoms with E-state index < -0.39 is 0 Å². The van der Waals surface area contributed by atoms with E-state index in [1.54, 1.807) is 12.1 Å². The highest BCUT2D eigenvalue weighted by molar-refractivity contribution is 9.10. The zero-order valence-corrected chi connectivity index (χ0v) is 12.3. The molecule has 0 bridgehead atoms. The molecular formula is C14H15BrN2O2. The van der Waals surface area contributed by atoms with Crippen LogP contribution in [0.25, 0.3) is 0 Å². The lowest BCUT2D eigenvalue weighted by molar-refractivity contribution is 0.448. The first-order valence-electron chi connectivity index (χ1n) is 5.88. The molecule has 1 unspecified atom stereocenters. The summed E-state index contributed by atoms with van der Waals surface area (Å²) < 4.78 is 0.790. The maximum Gasteiger partial charge on any atom is 0.119 e. The van der Waals surface area contributed by atoms with Crippen LogP contribution in [0.4, 0.5) is 5.69 Å². The Morgan fingerprint density at radius 1 is 1.16 bits per heavy atom. The molecule has 5 heteroatoms. The average molecular weight is 323 g/mol. The van der Waals surface area contributed by atoms with Crippen molar-refractivity contribution in [2.24, 2.45) is 0 Å². The number of aromatic nitrogens is 1. The van der Waals surface area contributed by atoms with Crippen LogP contribution in [0.3, 0.4) is 0 Å². The van der Waals surface area contributed by atoms with E-state index in [-0.39, 0.29) is 17.5 Å². The van der Waals surface area contributed by atoms with Crippen LogP contribution in [0.5, 0.6) is 11.5 Å². The third-order valence-electron chi connectivity index (χ3n) is 2.85. The number of benzene rings is 1. The van der Waals surface area contributed by atoms with Gasteiger partial charge >= 0.3 is 0 Å². The Morgan fingerprint density at radius 2 is 1.79 bits per heavy atom. The van der Waals surface area contributed by atoms with E-state index in [4.69, 9.17) is 0 Å². The molecule has 0 aliphatic heterocycles. The molecule has 19 heavy (non-hydrogen) atoms. The molecule has 3 N–H and O–H groups in total. The standard InChI is InChI=1S/C14H15BrN2O2/c1-8(10-5-11(18)7-12(19)6-10)16-13-3-4-14(15)17-9(13)2/h3-8,16,18-19H,1-2H3. The number of hydrogen-bond acceptors (Lipinski definition) is 4. The Labute approximate surface area is 120 Å². The zero-order chi connectivity index (χ0) is 14.0. The lowest BCUT2D eigenvalue weighted by atomic mass is 10.1. The number of halogens is 1. The van der Waals surface area contributed by atoms with Gasteiger partial charge in [0.25, 0.3) is 0 Å². The third-order valence-corrected chi connectivity index (χ3v) is 3.29. The Hall–Kier alpha value is -1.75.